The minimum absolute atomic E-state index is 0.995. The predicted molar refractivity (Wildman–Crippen MR) is 159 cm³/mol. The highest BCUT2D eigenvalue weighted by Crippen LogP contribution is 2.39. The lowest BCUT2D eigenvalue weighted by atomic mass is 9.91. The van der Waals surface area contributed by atoms with E-state index in [2.05, 4.69) is 133 Å². The average Bonchev–Trinajstić information content (AvgIpc) is 3.38. The molecule has 7 aromatic carbocycles. The maximum absolute atomic E-state index is 2.39. The second-order valence-electron chi connectivity index (χ2n) is 10.1. The van der Waals surface area contributed by atoms with Gasteiger partial charge in [-0.25, -0.2) is 0 Å². The normalized spacial score (nSPS) is 12.9. The van der Waals surface area contributed by atoms with E-state index in [0.717, 1.165) is 6.42 Å². The molecule has 0 aliphatic heterocycles. The Balaban J connectivity index is 1.29. The van der Waals surface area contributed by atoms with Crippen molar-refractivity contribution in [3.8, 4) is 11.1 Å². The minimum atomic E-state index is 0.995. The van der Waals surface area contributed by atoms with Gasteiger partial charge in [-0.1, -0.05) is 115 Å². The Kier molecular flexibility index (Phi) is 4.39. The monoisotopic (exact) mass is 468 g/mol. The number of fused-ring (bicyclic) bond motifs is 8. The highest BCUT2D eigenvalue weighted by atomic mass is 14.2. The van der Waals surface area contributed by atoms with Crippen LogP contribution in [0, 0.1) is 0 Å². The molecule has 0 spiro atoms. The van der Waals surface area contributed by atoms with Crippen LogP contribution < -0.4 is 0 Å². The Hall–Kier alpha value is -4.68. The van der Waals surface area contributed by atoms with Crippen molar-refractivity contribution in [2.45, 2.75) is 6.42 Å². The first kappa shape index (κ1) is 20.5. The Labute approximate surface area is 216 Å². The first-order valence-electron chi connectivity index (χ1n) is 13.0. The molecule has 0 saturated carbocycles. The van der Waals surface area contributed by atoms with Gasteiger partial charge >= 0.3 is 0 Å². The fourth-order valence-electron chi connectivity index (χ4n) is 6.26. The zero-order chi connectivity index (χ0) is 24.3. The van der Waals surface area contributed by atoms with E-state index < -0.39 is 0 Å². The van der Waals surface area contributed by atoms with Gasteiger partial charge in [-0.3, -0.25) is 0 Å². The zero-order valence-electron chi connectivity index (χ0n) is 20.4. The number of rotatable bonds is 2. The first-order valence-corrected chi connectivity index (χ1v) is 13.0. The van der Waals surface area contributed by atoms with E-state index in [-0.39, 0.29) is 0 Å². The van der Waals surface area contributed by atoms with Gasteiger partial charge in [-0.15, -0.1) is 0 Å². The summed E-state index contributed by atoms with van der Waals surface area (Å²) in [5.74, 6) is 0. The Morgan fingerprint density at radius 1 is 0.378 bits per heavy atom. The summed E-state index contributed by atoms with van der Waals surface area (Å²) in [6, 6.07) is 47.0. The van der Waals surface area contributed by atoms with Gasteiger partial charge in [0.05, 0.1) is 0 Å². The zero-order valence-corrected chi connectivity index (χ0v) is 20.4. The van der Waals surface area contributed by atoms with Crippen molar-refractivity contribution in [1.29, 1.82) is 0 Å². The molecule has 0 bridgehead atoms. The predicted octanol–water partition coefficient (Wildman–Crippen LogP) is 9.95. The Morgan fingerprint density at radius 3 is 1.68 bits per heavy atom. The third-order valence-corrected chi connectivity index (χ3v) is 8.04. The summed E-state index contributed by atoms with van der Waals surface area (Å²) < 4.78 is 0. The number of hydrogen-bond acceptors (Lipinski definition) is 0. The Bertz CT molecular complexity index is 2020. The SMILES string of the molecule is C1=C(c2cccc(-c3ccc4c5ccccc5c5ccccc5c4c3)c2)c2cc3ccccc3cc2C1. The molecule has 0 nitrogen and oxygen atoms in total. The van der Waals surface area contributed by atoms with Gasteiger partial charge in [0.25, 0.3) is 0 Å². The van der Waals surface area contributed by atoms with E-state index in [1.165, 1.54) is 76.5 Å². The van der Waals surface area contributed by atoms with Gasteiger partial charge in [0.1, 0.15) is 0 Å². The molecule has 7 aromatic rings. The van der Waals surface area contributed by atoms with Gasteiger partial charge in [-0.05, 0) is 101 Å². The maximum atomic E-state index is 2.39. The topological polar surface area (TPSA) is 0 Å². The highest BCUT2D eigenvalue weighted by molar-refractivity contribution is 6.25. The number of hydrogen-bond donors (Lipinski definition) is 0. The molecular formula is C37H24. The van der Waals surface area contributed by atoms with Crippen LogP contribution in [0.25, 0.3) is 59.8 Å². The third kappa shape index (κ3) is 3.16. The second-order valence-corrected chi connectivity index (χ2v) is 10.1. The summed E-state index contributed by atoms with van der Waals surface area (Å²) in [5.41, 5.74) is 7.93. The molecule has 0 unspecified atom stereocenters. The van der Waals surface area contributed by atoms with E-state index >= 15 is 0 Å². The van der Waals surface area contributed by atoms with Crippen LogP contribution in [0.5, 0.6) is 0 Å². The summed E-state index contributed by atoms with van der Waals surface area (Å²) in [7, 11) is 0. The lowest BCUT2D eigenvalue weighted by Gasteiger charge is -2.13. The largest absolute Gasteiger partial charge is 0.0716 e. The van der Waals surface area contributed by atoms with Crippen LogP contribution in [0.2, 0.25) is 0 Å². The highest BCUT2D eigenvalue weighted by Gasteiger charge is 2.17. The van der Waals surface area contributed by atoms with E-state index in [0.29, 0.717) is 0 Å². The summed E-state index contributed by atoms with van der Waals surface area (Å²) in [6.07, 6.45) is 3.39. The van der Waals surface area contributed by atoms with Crippen LogP contribution in [-0.2, 0) is 6.42 Å². The number of allylic oxidation sites excluding steroid dienone is 1. The average molecular weight is 469 g/mol. The molecule has 0 radical (unpaired) electrons. The van der Waals surface area contributed by atoms with Gasteiger partial charge in [-0.2, -0.15) is 0 Å². The molecule has 172 valence electrons. The molecule has 0 heterocycles. The van der Waals surface area contributed by atoms with Crippen molar-refractivity contribution in [2.24, 2.45) is 0 Å². The fourth-order valence-corrected chi connectivity index (χ4v) is 6.26. The molecule has 8 rings (SSSR count). The minimum Gasteiger partial charge on any atom is -0.0716 e. The molecule has 0 heteroatoms. The summed E-state index contributed by atoms with van der Waals surface area (Å²) >= 11 is 0. The van der Waals surface area contributed by atoms with E-state index in [1.807, 2.05) is 0 Å². The first-order chi connectivity index (χ1) is 18.3. The lowest BCUT2D eigenvalue weighted by Crippen LogP contribution is -1.89. The Morgan fingerprint density at radius 2 is 0.946 bits per heavy atom. The molecule has 0 aromatic heterocycles. The summed E-state index contributed by atoms with van der Waals surface area (Å²) in [4.78, 5) is 0. The van der Waals surface area contributed by atoms with Crippen molar-refractivity contribution in [2.75, 3.05) is 0 Å². The van der Waals surface area contributed by atoms with Crippen LogP contribution in [0.1, 0.15) is 16.7 Å². The van der Waals surface area contributed by atoms with Crippen molar-refractivity contribution >= 4 is 48.7 Å². The van der Waals surface area contributed by atoms with E-state index in [9.17, 15) is 0 Å². The third-order valence-electron chi connectivity index (χ3n) is 8.04. The van der Waals surface area contributed by atoms with Crippen LogP contribution in [0.15, 0.2) is 133 Å². The summed E-state index contributed by atoms with van der Waals surface area (Å²) in [6.45, 7) is 0. The van der Waals surface area contributed by atoms with Crippen LogP contribution in [0.3, 0.4) is 0 Å². The van der Waals surface area contributed by atoms with Gasteiger partial charge in [0.2, 0.25) is 0 Å². The molecule has 0 fully saturated rings. The van der Waals surface area contributed by atoms with E-state index in [1.54, 1.807) is 0 Å². The fraction of sp³-hybridized carbons (Fsp3) is 0.0270. The van der Waals surface area contributed by atoms with E-state index in [4.69, 9.17) is 0 Å². The van der Waals surface area contributed by atoms with Gasteiger partial charge in [0, 0.05) is 0 Å². The van der Waals surface area contributed by atoms with Gasteiger partial charge in [0.15, 0.2) is 0 Å². The molecule has 1 aliphatic rings. The lowest BCUT2D eigenvalue weighted by molar-refractivity contribution is 1.32. The summed E-state index contributed by atoms with van der Waals surface area (Å²) in [5, 5.41) is 10.5. The molecule has 37 heavy (non-hydrogen) atoms. The smallest absolute Gasteiger partial charge is 0.00816 e. The second kappa shape index (κ2) is 7.91. The van der Waals surface area contributed by atoms with Crippen molar-refractivity contribution < 1.29 is 0 Å². The van der Waals surface area contributed by atoms with Crippen molar-refractivity contribution in [3.63, 3.8) is 0 Å². The van der Waals surface area contributed by atoms with Crippen molar-refractivity contribution in [3.05, 3.63) is 150 Å². The maximum Gasteiger partial charge on any atom is -0.00816 e. The quantitative estimate of drug-likeness (QED) is 0.221. The van der Waals surface area contributed by atoms with Crippen LogP contribution in [-0.4, -0.2) is 0 Å². The van der Waals surface area contributed by atoms with Gasteiger partial charge < -0.3 is 0 Å². The molecular weight excluding hydrogens is 444 g/mol. The molecule has 0 saturated heterocycles. The molecule has 1 aliphatic carbocycles. The van der Waals surface area contributed by atoms with Crippen LogP contribution in [0.4, 0.5) is 0 Å². The van der Waals surface area contributed by atoms with Crippen molar-refractivity contribution in [1.82, 2.24) is 0 Å². The standard InChI is InChI=1S/C37H24/c1-2-9-26-22-36-29(21-24(26)8-1)17-18-30(36)28-11-7-10-25(20-28)27-16-19-35-33-14-4-3-12-31(33)32-13-5-6-15-34(32)37(35)23-27/h1-16,18-23H,17H2. The molecule has 0 atom stereocenters. The molecule has 0 N–H and O–H groups in total. The molecule has 0 amide bonds. The number of benzene rings is 7. The van der Waals surface area contributed by atoms with Crippen LogP contribution >= 0.6 is 0 Å².